The number of rotatable bonds is 5. The molecule has 19 heavy (non-hydrogen) atoms. The maximum atomic E-state index is 4.35. The molecule has 3 nitrogen and oxygen atoms in total. The predicted molar refractivity (Wildman–Crippen MR) is 80.2 cm³/mol. The highest BCUT2D eigenvalue weighted by Crippen LogP contribution is 2.31. The molecule has 0 amide bonds. The van der Waals surface area contributed by atoms with E-state index in [0.29, 0.717) is 5.54 Å². The van der Waals surface area contributed by atoms with Crippen LogP contribution in [0.5, 0.6) is 0 Å². The Kier molecular flexibility index (Phi) is 4.94. The van der Waals surface area contributed by atoms with Crippen LogP contribution in [0.1, 0.15) is 43.4 Å². The van der Waals surface area contributed by atoms with Crippen LogP contribution in [0.3, 0.4) is 0 Å². The molecule has 0 saturated heterocycles. The third kappa shape index (κ3) is 3.77. The molecule has 1 aliphatic rings. The minimum Gasteiger partial charge on any atom is -0.311 e. The lowest BCUT2D eigenvalue weighted by molar-refractivity contribution is 0.0984. The van der Waals surface area contributed by atoms with Crippen molar-refractivity contribution in [3.05, 3.63) is 29.6 Å². The van der Waals surface area contributed by atoms with Crippen molar-refractivity contribution in [2.24, 2.45) is 0 Å². The van der Waals surface area contributed by atoms with E-state index in [9.17, 15) is 0 Å². The first-order valence-electron chi connectivity index (χ1n) is 7.42. The van der Waals surface area contributed by atoms with Crippen molar-refractivity contribution in [1.82, 2.24) is 15.2 Å². The topological polar surface area (TPSA) is 28.2 Å². The molecule has 0 bridgehead atoms. The van der Waals surface area contributed by atoms with Gasteiger partial charge in [0.15, 0.2) is 0 Å². The number of aromatic nitrogens is 1. The van der Waals surface area contributed by atoms with Gasteiger partial charge in [0.1, 0.15) is 0 Å². The van der Waals surface area contributed by atoms with Gasteiger partial charge in [-0.3, -0.25) is 4.98 Å². The third-order valence-electron chi connectivity index (χ3n) is 4.49. The third-order valence-corrected chi connectivity index (χ3v) is 4.49. The van der Waals surface area contributed by atoms with Gasteiger partial charge in [-0.15, -0.1) is 0 Å². The maximum absolute atomic E-state index is 4.35. The van der Waals surface area contributed by atoms with E-state index < -0.39 is 0 Å². The molecule has 1 saturated carbocycles. The van der Waals surface area contributed by atoms with Crippen LogP contribution in [-0.2, 0) is 6.54 Å². The molecule has 1 aromatic heterocycles. The van der Waals surface area contributed by atoms with Gasteiger partial charge >= 0.3 is 0 Å². The Bertz CT molecular complexity index is 377. The van der Waals surface area contributed by atoms with Crippen molar-refractivity contribution >= 4 is 0 Å². The van der Waals surface area contributed by atoms with Crippen LogP contribution < -0.4 is 5.32 Å². The van der Waals surface area contributed by atoms with Crippen LogP contribution in [0.2, 0.25) is 0 Å². The van der Waals surface area contributed by atoms with Gasteiger partial charge in [0.25, 0.3) is 0 Å². The lowest BCUT2D eigenvalue weighted by Crippen LogP contribution is -2.52. The van der Waals surface area contributed by atoms with Crippen LogP contribution in [0.15, 0.2) is 18.3 Å². The lowest BCUT2D eigenvalue weighted by Gasteiger charge is -2.43. The average Bonchev–Trinajstić information content (AvgIpc) is 2.42. The molecule has 0 spiro atoms. The van der Waals surface area contributed by atoms with Crippen molar-refractivity contribution in [2.45, 2.75) is 51.1 Å². The van der Waals surface area contributed by atoms with Gasteiger partial charge in [-0.25, -0.2) is 0 Å². The summed E-state index contributed by atoms with van der Waals surface area (Å²) in [5.74, 6) is 0. The van der Waals surface area contributed by atoms with E-state index in [0.717, 1.165) is 18.8 Å². The SMILES string of the molecule is Cc1ccc(CNCC2(N(C)C)CCCCC2)cn1. The summed E-state index contributed by atoms with van der Waals surface area (Å²) < 4.78 is 0. The monoisotopic (exact) mass is 261 g/mol. The Hall–Kier alpha value is -0.930. The standard InChI is InChI=1S/C16H27N3/c1-14-7-8-15(12-18-14)11-17-13-16(19(2)3)9-5-4-6-10-16/h7-8,12,17H,4-6,9-11,13H2,1-3H3. The van der Waals surface area contributed by atoms with Crippen molar-refractivity contribution in [2.75, 3.05) is 20.6 Å². The summed E-state index contributed by atoms with van der Waals surface area (Å²) in [5.41, 5.74) is 2.72. The first-order chi connectivity index (χ1) is 9.12. The van der Waals surface area contributed by atoms with Gasteiger partial charge in [0.05, 0.1) is 0 Å². The second-order valence-corrected chi connectivity index (χ2v) is 6.09. The molecule has 0 aromatic carbocycles. The molecule has 1 fully saturated rings. The summed E-state index contributed by atoms with van der Waals surface area (Å²) in [7, 11) is 4.45. The number of likely N-dealkylation sites (N-methyl/N-ethyl adjacent to an activating group) is 1. The minimum absolute atomic E-state index is 0.358. The van der Waals surface area contributed by atoms with Crippen molar-refractivity contribution < 1.29 is 0 Å². The Balaban J connectivity index is 1.87. The van der Waals surface area contributed by atoms with Crippen molar-refractivity contribution in [3.8, 4) is 0 Å². The van der Waals surface area contributed by atoms with Gasteiger partial charge < -0.3 is 10.2 Å². The number of hydrogen-bond donors (Lipinski definition) is 1. The molecular formula is C16H27N3. The van der Waals surface area contributed by atoms with Crippen LogP contribution >= 0.6 is 0 Å². The van der Waals surface area contributed by atoms with Crippen molar-refractivity contribution in [3.63, 3.8) is 0 Å². The largest absolute Gasteiger partial charge is 0.311 e. The zero-order chi connectivity index (χ0) is 13.7. The fourth-order valence-electron chi connectivity index (χ4n) is 3.03. The van der Waals surface area contributed by atoms with Gasteiger partial charge in [-0.2, -0.15) is 0 Å². The Morgan fingerprint density at radius 1 is 1.21 bits per heavy atom. The van der Waals surface area contributed by atoms with Crippen LogP contribution in [0, 0.1) is 6.92 Å². The highest BCUT2D eigenvalue weighted by molar-refractivity contribution is 5.13. The predicted octanol–water partition coefficient (Wildman–Crippen LogP) is 2.74. The molecular weight excluding hydrogens is 234 g/mol. The van der Waals surface area contributed by atoms with E-state index >= 15 is 0 Å². The van der Waals surface area contributed by atoms with Crippen LogP contribution in [0.4, 0.5) is 0 Å². The van der Waals surface area contributed by atoms with E-state index in [1.165, 1.54) is 37.7 Å². The minimum atomic E-state index is 0.358. The summed E-state index contributed by atoms with van der Waals surface area (Å²) in [6.45, 7) is 4.02. The van der Waals surface area contributed by atoms with Gasteiger partial charge in [0, 0.05) is 30.5 Å². The molecule has 0 radical (unpaired) electrons. The molecule has 0 atom stereocenters. The average molecular weight is 261 g/mol. The Labute approximate surface area is 117 Å². The Morgan fingerprint density at radius 2 is 1.95 bits per heavy atom. The van der Waals surface area contributed by atoms with Crippen LogP contribution in [-0.4, -0.2) is 36.1 Å². The highest BCUT2D eigenvalue weighted by atomic mass is 15.2. The highest BCUT2D eigenvalue weighted by Gasteiger charge is 2.33. The summed E-state index contributed by atoms with van der Waals surface area (Å²) in [6.07, 6.45) is 8.75. The summed E-state index contributed by atoms with van der Waals surface area (Å²) >= 11 is 0. The second kappa shape index (κ2) is 6.49. The zero-order valence-corrected chi connectivity index (χ0v) is 12.6. The molecule has 1 N–H and O–H groups in total. The molecule has 2 rings (SSSR count). The molecule has 0 aliphatic heterocycles. The summed E-state index contributed by atoms with van der Waals surface area (Å²) in [6, 6.07) is 4.25. The van der Waals surface area contributed by atoms with Crippen molar-refractivity contribution in [1.29, 1.82) is 0 Å². The molecule has 1 aromatic rings. The molecule has 0 unspecified atom stereocenters. The summed E-state index contributed by atoms with van der Waals surface area (Å²) in [5, 5.41) is 3.63. The smallest absolute Gasteiger partial charge is 0.0372 e. The van der Waals surface area contributed by atoms with Crippen LogP contribution in [0.25, 0.3) is 0 Å². The van der Waals surface area contributed by atoms with E-state index in [1.54, 1.807) is 0 Å². The fraction of sp³-hybridized carbons (Fsp3) is 0.688. The lowest BCUT2D eigenvalue weighted by atomic mass is 9.80. The number of nitrogens with zero attached hydrogens (tertiary/aromatic N) is 2. The number of hydrogen-bond acceptors (Lipinski definition) is 3. The first-order valence-corrected chi connectivity index (χ1v) is 7.42. The quantitative estimate of drug-likeness (QED) is 0.883. The molecule has 1 heterocycles. The number of pyridine rings is 1. The molecule has 3 heteroatoms. The van der Waals surface area contributed by atoms with E-state index in [4.69, 9.17) is 0 Å². The first kappa shape index (κ1) is 14.5. The van der Waals surface area contributed by atoms with E-state index in [1.807, 2.05) is 13.1 Å². The molecule has 106 valence electrons. The second-order valence-electron chi connectivity index (χ2n) is 6.09. The molecule has 1 aliphatic carbocycles. The summed E-state index contributed by atoms with van der Waals surface area (Å²) in [4.78, 5) is 6.77. The van der Waals surface area contributed by atoms with Gasteiger partial charge in [0.2, 0.25) is 0 Å². The Morgan fingerprint density at radius 3 is 2.53 bits per heavy atom. The van der Waals surface area contributed by atoms with E-state index in [-0.39, 0.29) is 0 Å². The number of nitrogens with one attached hydrogen (secondary N) is 1. The van der Waals surface area contributed by atoms with E-state index in [2.05, 4.69) is 41.4 Å². The van der Waals surface area contributed by atoms with Gasteiger partial charge in [-0.1, -0.05) is 25.3 Å². The normalized spacial score (nSPS) is 18.7. The number of aryl methyl sites for hydroxylation is 1. The fourth-order valence-corrected chi connectivity index (χ4v) is 3.03. The zero-order valence-electron chi connectivity index (χ0n) is 12.6. The van der Waals surface area contributed by atoms with Gasteiger partial charge in [-0.05, 0) is 45.5 Å². The maximum Gasteiger partial charge on any atom is 0.0372 e.